The van der Waals surface area contributed by atoms with Gasteiger partial charge in [-0.15, -0.1) is 0 Å². The summed E-state index contributed by atoms with van der Waals surface area (Å²) in [4.78, 5) is 6.06. The molecule has 0 radical (unpaired) electrons. The van der Waals surface area contributed by atoms with Crippen LogP contribution < -0.4 is 10.6 Å². The Hall–Kier alpha value is -1.29. The van der Waals surface area contributed by atoms with Crippen LogP contribution in [-0.4, -0.2) is 29.3 Å². The number of aliphatic hydroxyl groups is 1. The van der Waals surface area contributed by atoms with Crippen LogP contribution in [-0.2, 0) is 0 Å². The maximum atomic E-state index is 9.53. The lowest BCUT2D eigenvalue weighted by Crippen LogP contribution is -2.38. The van der Waals surface area contributed by atoms with Crippen LogP contribution in [0.4, 0.5) is 11.4 Å². The number of nitrogens with two attached hydrogens (primary N) is 1. The van der Waals surface area contributed by atoms with Crippen molar-refractivity contribution in [3.63, 3.8) is 0 Å². The molecule has 0 bridgehead atoms. The number of hydrogen-bond acceptors (Lipinski definition) is 4. The first-order valence-corrected chi connectivity index (χ1v) is 4.90. The predicted octanol–water partition coefficient (Wildman–Crippen LogP) is 0.625. The van der Waals surface area contributed by atoms with E-state index >= 15 is 0 Å². The zero-order valence-corrected chi connectivity index (χ0v) is 8.06. The molecule has 1 aromatic rings. The van der Waals surface area contributed by atoms with E-state index in [9.17, 15) is 5.11 Å². The summed E-state index contributed by atoms with van der Waals surface area (Å²) in [5.74, 6) is 0. The average molecular weight is 193 g/mol. The molecule has 1 aromatic heterocycles. The van der Waals surface area contributed by atoms with Crippen molar-refractivity contribution in [2.75, 3.05) is 23.7 Å². The van der Waals surface area contributed by atoms with E-state index in [4.69, 9.17) is 5.73 Å². The lowest BCUT2D eigenvalue weighted by Gasteiger charge is -2.32. The second-order valence-corrected chi connectivity index (χ2v) is 3.68. The molecule has 1 atom stereocenters. The summed E-state index contributed by atoms with van der Waals surface area (Å²) in [6, 6.07) is 1.90. The number of rotatable bonds is 1. The van der Waals surface area contributed by atoms with Gasteiger partial charge >= 0.3 is 0 Å². The molecule has 1 saturated heterocycles. The van der Waals surface area contributed by atoms with Gasteiger partial charge in [-0.1, -0.05) is 0 Å². The molecule has 2 heterocycles. The van der Waals surface area contributed by atoms with Gasteiger partial charge in [0.05, 0.1) is 23.7 Å². The summed E-state index contributed by atoms with van der Waals surface area (Å²) in [6.07, 6.45) is 5.06. The molecule has 4 nitrogen and oxygen atoms in total. The molecule has 0 spiro atoms. The molecule has 3 N–H and O–H groups in total. The van der Waals surface area contributed by atoms with E-state index < -0.39 is 0 Å². The topological polar surface area (TPSA) is 62.4 Å². The van der Waals surface area contributed by atoms with Crippen LogP contribution in [0.1, 0.15) is 12.8 Å². The first kappa shape index (κ1) is 9.27. The minimum absolute atomic E-state index is 0.226. The van der Waals surface area contributed by atoms with Crippen LogP contribution >= 0.6 is 0 Å². The zero-order chi connectivity index (χ0) is 9.97. The Bertz CT molecular complexity index is 316. The highest BCUT2D eigenvalue weighted by Gasteiger charge is 2.18. The first-order valence-electron chi connectivity index (χ1n) is 4.90. The Kier molecular flexibility index (Phi) is 2.54. The SMILES string of the molecule is Nc1cnccc1N1CCC[C@H](O)C1. The van der Waals surface area contributed by atoms with Crippen molar-refractivity contribution in [3.05, 3.63) is 18.5 Å². The van der Waals surface area contributed by atoms with Crippen molar-refractivity contribution in [2.24, 2.45) is 0 Å². The summed E-state index contributed by atoms with van der Waals surface area (Å²) < 4.78 is 0. The van der Waals surface area contributed by atoms with Crippen molar-refractivity contribution in [1.29, 1.82) is 0 Å². The van der Waals surface area contributed by atoms with Crippen LogP contribution in [0.5, 0.6) is 0 Å². The summed E-state index contributed by atoms with van der Waals surface area (Å²) in [7, 11) is 0. The second kappa shape index (κ2) is 3.84. The fraction of sp³-hybridized carbons (Fsp3) is 0.500. The van der Waals surface area contributed by atoms with Crippen molar-refractivity contribution in [1.82, 2.24) is 4.98 Å². The number of β-amino-alcohol motifs (C(OH)–C–C–N with tert-alkyl or cyclic N) is 1. The van der Waals surface area contributed by atoms with Gasteiger partial charge in [0.2, 0.25) is 0 Å². The molecule has 1 aliphatic rings. The smallest absolute Gasteiger partial charge is 0.0738 e. The molecule has 14 heavy (non-hydrogen) atoms. The molecule has 0 amide bonds. The Morgan fingerprint density at radius 2 is 2.43 bits per heavy atom. The third-order valence-electron chi connectivity index (χ3n) is 2.57. The van der Waals surface area contributed by atoms with Gasteiger partial charge in [-0.2, -0.15) is 0 Å². The van der Waals surface area contributed by atoms with Gasteiger partial charge in [0.25, 0.3) is 0 Å². The molecule has 0 unspecified atom stereocenters. The molecule has 0 aliphatic carbocycles. The van der Waals surface area contributed by atoms with Crippen LogP contribution in [0.15, 0.2) is 18.5 Å². The monoisotopic (exact) mass is 193 g/mol. The summed E-state index contributed by atoms with van der Waals surface area (Å²) in [6.45, 7) is 1.64. The van der Waals surface area contributed by atoms with E-state index in [0.29, 0.717) is 12.2 Å². The van der Waals surface area contributed by atoms with Crippen molar-refractivity contribution in [2.45, 2.75) is 18.9 Å². The fourth-order valence-corrected chi connectivity index (χ4v) is 1.86. The number of nitrogen functional groups attached to an aromatic ring is 1. The largest absolute Gasteiger partial charge is 0.396 e. The Morgan fingerprint density at radius 3 is 3.14 bits per heavy atom. The lowest BCUT2D eigenvalue weighted by molar-refractivity contribution is 0.154. The van der Waals surface area contributed by atoms with E-state index in [1.165, 1.54) is 0 Å². The van der Waals surface area contributed by atoms with E-state index in [0.717, 1.165) is 25.1 Å². The third kappa shape index (κ3) is 1.80. The normalized spacial score (nSPS) is 22.4. The standard InChI is InChI=1S/C10H15N3O/c11-9-6-12-4-3-10(9)13-5-1-2-8(14)7-13/h3-4,6,8,14H,1-2,5,7,11H2/t8-/m0/s1. The third-order valence-corrected chi connectivity index (χ3v) is 2.57. The van der Waals surface area contributed by atoms with Gasteiger partial charge in [0.1, 0.15) is 0 Å². The molecule has 0 saturated carbocycles. The Morgan fingerprint density at radius 1 is 1.57 bits per heavy atom. The van der Waals surface area contributed by atoms with Crippen LogP contribution in [0.2, 0.25) is 0 Å². The highest BCUT2D eigenvalue weighted by atomic mass is 16.3. The van der Waals surface area contributed by atoms with Gasteiger partial charge in [-0.3, -0.25) is 4.98 Å². The molecule has 2 rings (SSSR count). The number of aliphatic hydroxyl groups excluding tert-OH is 1. The predicted molar refractivity (Wildman–Crippen MR) is 56.1 cm³/mol. The van der Waals surface area contributed by atoms with E-state index in [1.807, 2.05) is 6.07 Å². The molecule has 4 heteroatoms. The number of pyridine rings is 1. The maximum Gasteiger partial charge on any atom is 0.0738 e. The Balaban J connectivity index is 2.18. The maximum absolute atomic E-state index is 9.53. The highest BCUT2D eigenvalue weighted by molar-refractivity contribution is 5.66. The zero-order valence-electron chi connectivity index (χ0n) is 8.06. The minimum atomic E-state index is -0.226. The number of hydrogen-bond donors (Lipinski definition) is 2. The molecule has 1 fully saturated rings. The highest BCUT2D eigenvalue weighted by Crippen LogP contribution is 2.24. The summed E-state index contributed by atoms with van der Waals surface area (Å²) >= 11 is 0. The van der Waals surface area contributed by atoms with Crippen molar-refractivity contribution in [3.8, 4) is 0 Å². The quantitative estimate of drug-likeness (QED) is 0.686. The van der Waals surface area contributed by atoms with Gasteiger partial charge in [0, 0.05) is 19.3 Å². The van der Waals surface area contributed by atoms with Crippen molar-refractivity contribution < 1.29 is 5.11 Å². The summed E-state index contributed by atoms with van der Waals surface area (Å²) in [5.41, 5.74) is 7.48. The number of aromatic nitrogens is 1. The molecule has 0 aromatic carbocycles. The molecular weight excluding hydrogens is 178 g/mol. The number of piperidine rings is 1. The minimum Gasteiger partial charge on any atom is -0.396 e. The van der Waals surface area contributed by atoms with Gasteiger partial charge in [-0.05, 0) is 18.9 Å². The number of anilines is 2. The molecule has 76 valence electrons. The second-order valence-electron chi connectivity index (χ2n) is 3.68. The van der Waals surface area contributed by atoms with Gasteiger partial charge < -0.3 is 15.7 Å². The molecule has 1 aliphatic heterocycles. The van der Waals surface area contributed by atoms with Crippen LogP contribution in [0.25, 0.3) is 0 Å². The molecular formula is C10H15N3O. The fourth-order valence-electron chi connectivity index (χ4n) is 1.86. The van der Waals surface area contributed by atoms with Crippen LogP contribution in [0, 0.1) is 0 Å². The van der Waals surface area contributed by atoms with E-state index in [1.54, 1.807) is 12.4 Å². The van der Waals surface area contributed by atoms with E-state index in [2.05, 4.69) is 9.88 Å². The van der Waals surface area contributed by atoms with Gasteiger partial charge in [-0.25, -0.2) is 0 Å². The van der Waals surface area contributed by atoms with Gasteiger partial charge in [0.15, 0.2) is 0 Å². The van der Waals surface area contributed by atoms with Crippen LogP contribution in [0.3, 0.4) is 0 Å². The number of nitrogens with zero attached hydrogens (tertiary/aromatic N) is 2. The summed E-state index contributed by atoms with van der Waals surface area (Å²) in [5, 5.41) is 9.53. The average Bonchev–Trinajstić information content (AvgIpc) is 2.18. The Labute approximate surface area is 83.4 Å². The lowest BCUT2D eigenvalue weighted by atomic mass is 10.1. The first-order chi connectivity index (χ1) is 6.77. The van der Waals surface area contributed by atoms with Crippen molar-refractivity contribution >= 4 is 11.4 Å². The van der Waals surface area contributed by atoms with E-state index in [-0.39, 0.29) is 6.10 Å².